The van der Waals surface area contributed by atoms with E-state index < -0.39 is 9.84 Å². The normalized spacial score (nSPS) is 18.7. The molecule has 0 bridgehead atoms. The van der Waals surface area contributed by atoms with Gasteiger partial charge in [0, 0.05) is 30.7 Å². The van der Waals surface area contributed by atoms with Crippen molar-refractivity contribution >= 4 is 27.1 Å². The number of carbonyl (C=O) groups excluding carboxylic acids is 1. The molecule has 0 N–H and O–H groups in total. The van der Waals surface area contributed by atoms with Crippen molar-refractivity contribution in [3.05, 3.63) is 35.5 Å². The Balaban J connectivity index is 1.71. The van der Waals surface area contributed by atoms with Crippen LogP contribution in [0.25, 0.3) is 10.7 Å². The van der Waals surface area contributed by atoms with Crippen LogP contribution in [0, 0.1) is 0 Å². The van der Waals surface area contributed by atoms with E-state index in [1.54, 1.807) is 11.1 Å². The summed E-state index contributed by atoms with van der Waals surface area (Å²) in [5.41, 5.74) is 1.48. The van der Waals surface area contributed by atoms with Crippen molar-refractivity contribution in [2.75, 3.05) is 38.7 Å². The second kappa shape index (κ2) is 8.45. The molecule has 1 saturated heterocycles. The number of amides is 1. The van der Waals surface area contributed by atoms with E-state index in [0.717, 1.165) is 10.7 Å². The standard InChI is InChI=1S/C18H24N4O3S2/c1-21(2)8-9-22(15-6-10-27(24,25)13-15)17(23)11-14-12-26-18(20-14)16-5-3-4-7-19-16/h3-5,7,12,15H,6,8-11,13H2,1-2H3/t15-/m1/s1. The minimum Gasteiger partial charge on any atom is -0.337 e. The lowest BCUT2D eigenvalue weighted by molar-refractivity contribution is -0.132. The van der Waals surface area contributed by atoms with Crippen LogP contribution in [0.5, 0.6) is 0 Å². The van der Waals surface area contributed by atoms with Crippen molar-refractivity contribution in [1.29, 1.82) is 0 Å². The highest BCUT2D eigenvalue weighted by Crippen LogP contribution is 2.23. The van der Waals surface area contributed by atoms with Crippen LogP contribution in [0.1, 0.15) is 12.1 Å². The Bertz CT molecular complexity index is 881. The number of aromatic nitrogens is 2. The van der Waals surface area contributed by atoms with Crippen LogP contribution in [0.4, 0.5) is 0 Å². The van der Waals surface area contributed by atoms with Crippen molar-refractivity contribution in [2.24, 2.45) is 0 Å². The van der Waals surface area contributed by atoms with Gasteiger partial charge in [-0.2, -0.15) is 0 Å². The molecule has 2 aromatic rings. The number of pyridine rings is 1. The fraction of sp³-hybridized carbons (Fsp3) is 0.500. The highest BCUT2D eigenvalue weighted by Gasteiger charge is 2.34. The Morgan fingerprint density at radius 1 is 1.30 bits per heavy atom. The average Bonchev–Trinajstić information content (AvgIpc) is 3.22. The third kappa shape index (κ3) is 5.33. The predicted molar refractivity (Wildman–Crippen MR) is 106 cm³/mol. The lowest BCUT2D eigenvalue weighted by Gasteiger charge is -2.29. The number of thiazole rings is 1. The molecule has 0 spiro atoms. The molecule has 0 radical (unpaired) electrons. The van der Waals surface area contributed by atoms with E-state index in [0.29, 0.717) is 25.2 Å². The fourth-order valence-corrected chi connectivity index (χ4v) is 5.62. The maximum atomic E-state index is 12.9. The molecule has 27 heavy (non-hydrogen) atoms. The second-order valence-corrected chi connectivity index (χ2v) is 10.1. The van der Waals surface area contributed by atoms with Crippen LogP contribution < -0.4 is 0 Å². The summed E-state index contributed by atoms with van der Waals surface area (Å²) in [4.78, 5) is 25.5. The van der Waals surface area contributed by atoms with E-state index >= 15 is 0 Å². The molecule has 0 aromatic carbocycles. The van der Waals surface area contributed by atoms with E-state index in [-0.39, 0.29) is 29.9 Å². The molecule has 1 aliphatic heterocycles. The van der Waals surface area contributed by atoms with Crippen molar-refractivity contribution in [2.45, 2.75) is 18.9 Å². The summed E-state index contributed by atoms with van der Waals surface area (Å²) in [6, 6.07) is 5.39. The molecule has 1 aliphatic rings. The zero-order valence-electron chi connectivity index (χ0n) is 15.5. The Labute approximate surface area is 164 Å². The number of hydrogen-bond donors (Lipinski definition) is 0. The topological polar surface area (TPSA) is 83.5 Å². The summed E-state index contributed by atoms with van der Waals surface area (Å²) in [6.07, 6.45) is 2.40. The molecule has 7 nitrogen and oxygen atoms in total. The van der Waals surface area contributed by atoms with Gasteiger partial charge in [0.2, 0.25) is 5.91 Å². The van der Waals surface area contributed by atoms with Gasteiger partial charge in [-0.3, -0.25) is 9.78 Å². The Kier molecular flexibility index (Phi) is 6.23. The maximum absolute atomic E-state index is 12.9. The molecule has 1 atom stereocenters. The molecule has 0 saturated carbocycles. The van der Waals surface area contributed by atoms with Crippen LogP contribution in [0.2, 0.25) is 0 Å². The minimum absolute atomic E-state index is 0.0580. The minimum atomic E-state index is -3.05. The van der Waals surface area contributed by atoms with E-state index in [1.165, 1.54) is 11.3 Å². The lowest BCUT2D eigenvalue weighted by Crippen LogP contribution is -2.45. The van der Waals surface area contributed by atoms with Gasteiger partial charge < -0.3 is 9.80 Å². The van der Waals surface area contributed by atoms with Crippen LogP contribution in [-0.4, -0.2) is 78.8 Å². The number of nitrogens with zero attached hydrogens (tertiary/aromatic N) is 4. The number of carbonyl (C=O) groups is 1. The van der Waals surface area contributed by atoms with Gasteiger partial charge in [-0.05, 0) is 32.6 Å². The van der Waals surface area contributed by atoms with Crippen molar-refractivity contribution < 1.29 is 13.2 Å². The van der Waals surface area contributed by atoms with Gasteiger partial charge in [0.1, 0.15) is 5.01 Å². The first-order valence-electron chi connectivity index (χ1n) is 8.84. The Morgan fingerprint density at radius 3 is 2.74 bits per heavy atom. The van der Waals surface area contributed by atoms with Crippen LogP contribution in [-0.2, 0) is 21.1 Å². The molecule has 2 aromatic heterocycles. The molecule has 146 valence electrons. The summed E-state index contributed by atoms with van der Waals surface area (Å²) in [5.74, 6) is 0.142. The van der Waals surface area contributed by atoms with Gasteiger partial charge in [0.25, 0.3) is 0 Å². The molecule has 0 aliphatic carbocycles. The smallest absolute Gasteiger partial charge is 0.228 e. The molecular weight excluding hydrogens is 384 g/mol. The quantitative estimate of drug-likeness (QED) is 0.687. The monoisotopic (exact) mass is 408 g/mol. The molecule has 9 heteroatoms. The maximum Gasteiger partial charge on any atom is 0.228 e. The Morgan fingerprint density at radius 2 is 2.11 bits per heavy atom. The highest BCUT2D eigenvalue weighted by molar-refractivity contribution is 7.91. The van der Waals surface area contributed by atoms with E-state index in [9.17, 15) is 13.2 Å². The summed E-state index contributed by atoms with van der Waals surface area (Å²) in [6.45, 7) is 1.21. The SMILES string of the molecule is CN(C)CCN(C(=O)Cc1csc(-c2ccccn2)n1)[C@@H]1CCS(=O)(=O)C1. The third-order valence-electron chi connectivity index (χ3n) is 4.53. The molecule has 0 unspecified atom stereocenters. The first-order chi connectivity index (χ1) is 12.8. The van der Waals surface area contributed by atoms with Gasteiger partial charge in [-0.15, -0.1) is 11.3 Å². The van der Waals surface area contributed by atoms with Crippen molar-refractivity contribution in [3.8, 4) is 10.7 Å². The summed E-state index contributed by atoms with van der Waals surface area (Å²) in [5, 5.41) is 2.65. The van der Waals surface area contributed by atoms with Gasteiger partial charge in [-0.1, -0.05) is 6.07 Å². The number of likely N-dealkylation sites (N-methyl/N-ethyl adjacent to an activating group) is 1. The fourth-order valence-electron chi connectivity index (χ4n) is 3.09. The van der Waals surface area contributed by atoms with E-state index in [4.69, 9.17) is 0 Å². The molecule has 1 fully saturated rings. The first kappa shape index (κ1) is 19.9. The number of sulfone groups is 1. The van der Waals surface area contributed by atoms with Crippen molar-refractivity contribution in [3.63, 3.8) is 0 Å². The highest BCUT2D eigenvalue weighted by atomic mass is 32.2. The van der Waals surface area contributed by atoms with Crippen LogP contribution in [0.3, 0.4) is 0 Å². The molecule has 3 heterocycles. The molecular formula is C18H24N4O3S2. The second-order valence-electron chi connectivity index (χ2n) is 6.98. The summed E-state index contributed by atoms with van der Waals surface area (Å²) >= 11 is 1.46. The van der Waals surface area contributed by atoms with Crippen LogP contribution >= 0.6 is 11.3 Å². The first-order valence-corrected chi connectivity index (χ1v) is 11.5. The van der Waals surface area contributed by atoms with Crippen molar-refractivity contribution in [1.82, 2.24) is 19.8 Å². The van der Waals surface area contributed by atoms with Crippen LogP contribution in [0.15, 0.2) is 29.8 Å². The summed E-state index contributed by atoms with van der Waals surface area (Å²) < 4.78 is 23.7. The lowest BCUT2D eigenvalue weighted by atomic mass is 10.2. The predicted octanol–water partition coefficient (Wildman–Crippen LogP) is 1.32. The van der Waals surface area contributed by atoms with E-state index in [1.807, 2.05) is 42.6 Å². The number of rotatable bonds is 7. The van der Waals surface area contributed by atoms with E-state index in [2.05, 4.69) is 9.97 Å². The van der Waals surface area contributed by atoms with Gasteiger partial charge in [0.05, 0.1) is 29.3 Å². The summed E-state index contributed by atoms with van der Waals surface area (Å²) in [7, 11) is 0.830. The zero-order valence-corrected chi connectivity index (χ0v) is 17.2. The third-order valence-corrected chi connectivity index (χ3v) is 7.19. The molecule has 3 rings (SSSR count). The largest absolute Gasteiger partial charge is 0.337 e. The zero-order chi connectivity index (χ0) is 19.4. The Hall–Kier alpha value is -1.84. The van der Waals surface area contributed by atoms with Gasteiger partial charge in [-0.25, -0.2) is 13.4 Å². The average molecular weight is 409 g/mol. The number of hydrogen-bond acceptors (Lipinski definition) is 7. The molecule has 1 amide bonds. The van der Waals surface area contributed by atoms with Gasteiger partial charge >= 0.3 is 0 Å². The van der Waals surface area contributed by atoms with Gasteiger partial charge in [0.15, 0.2) is 9.84 Å².